The predicted octanol–water partition coefficient (Wildman–Crippen LogP) is 4.81. The monoisotopic (exact) mass is 301 g/mol. The Balaban J connectivity index is 1.97. The molecule has 0 heterocycles. The fourth-order valence-corrected chi connectivity index (χ4v) is 3.09. The van der Waals surface area contributed by atoms with Crippen LogP contribution in [-0.2, 0) is 6.54 Å². The van der Waals surface area contributed by atoms with Gasteiger partial charge in [-0.15, -0.1) is 0 Å². The zero-order valence-corrected chi connectivity index (χ0v) is 12.9. The number of ether oxygens (including phenoxy) is 1. The lowest BCUT2D eigenvalue weighted by molar-refractivity contribution is 0.414. The molecule has 0 bridgehead atoms. The summed E-state index contributed by atoms with van der Waals surface area (Å²) in [7, 11) is 1.60. The van der Waals surface area contributed by atoms with E-state index in [2.05, 4.69) is 5.32 Å². The lowest BCUT2D eigenvalue weighted by atomic mass is 10.1. The summed E-state index contributed by atoms with van der Waals surface area (Å²) in [6, 6.07) is 4.47. The summed E-state index contributed by atoms with van der Waals surface area (Å²) in [5, 5.41) is 4.70. The van der Waals surface area contributed by atoms with E-state index in [0.29, 0.717) is 21.8 Å². The maximum atomic E-state index is 6.28. The molecular formula is C15H21Cl2NO. The smallest absolute Gasteiger partial charge is 0.138 e. The molecule has 1 saturated carbocycles. The standard InChI is InChI=1S/C15H21Cl2NO/c1-19-13-9-8-11(14(16)15(13)17)10-18-12-6-4-2-3-5-7-12/h8-9,12,18H,2-7,10H2,1H3. The summed E-state index contributed by atoms with van der Waals surface area (Å²) in [5.41, 5.74) is 1.04. The SMILES string of the molecule is COc1ccc(CNC2CCCCCC2)c(Cl)c1Cl. The van der Waals surface area contributed by atoms with Crippen molar-refractivity contribution < 1.29 is 4.74 Å². The number of rotatable bonds is 4. The second-order valence-corrected chi connectivity index (χ2v) is 5.88. The number of nitrogens with one attached hydrogen (secondary N) is 1. The molecule has 106 valence electrons. The van der Waals surface area contributed by atoms with Gasteiger partial charge in [0.2, 0.25) is 0 Å². The van der Waals surface area contributed by atoms with Crippen LogP contribution in [0.15, 0.2) is 12.1 Å². The van der Waals surface area contributed by atoms with Crippen LogP contribution in [0.4, 0.5) is 0 Å². The van der Waals surface area contributed by atoms with Crippen LogP contribution in [0.25, 0.3) is 0 Å². The molecule has 1 aromatic rings. The van der Waals surface area contributed by atoms with E-state index >= 15 is 0 Å². The Labute approximate surface area is 125 Å². The van der Waals surface area contributed by atoms with E-state index < -0.39 is 0 Å². The van der Waals surface area contributed by atoms with Crippen molar-refractivity contribution >= 4 is 23.2 Å². The Morgan fingerprint density at radius 2 is 1.79 bits per heavy atom. The summed E-state index contributed by atoms with van der Waals surface area (Å²) in [4.78, 5) is 0. The van der Waals surface area contributed by atoms with E-state index in [1.165, 1.54) is 38.5 Å². The van der Waals surface area contributed by atoms with Crippen LogP contribution in [-0.4, -0.2) is 13.2 Å². The average molecular weight is 302 g/mol. The molecule has 0 atom stereocenters. The Hall–Kier alpha value is -0.440. The highest BCUT2D eigenvalue weighted by molar-refractivity contribution is 6.43. The molecular weight excluding hydrogens is 281 g/mol. The zero-order valence-electron chi connectivity index (χ0n) is 11.3. The van der Waals surface area contributed by atoms with E-state index in [9.17, 15) is 0 Å². The average Bonchev–Trinajstić information content (AvgIpc) is 2.69. The van der Waals surface area contributed by atoms with Gasteiger partial charge in [0.05, 0.1) is 12.1 Å². The molecule has 1 aliphatic rings. The van der Waals surface area contributed by atoms with Gasteiger partial charge in [0.1, 0.15) is 10.8 Å². The van der Waals surface area contributed by atoms with Gasteiger partial charge in [0.25, 0.3) is 0 Å². The maximum Gasteiger partial charge on any atom is 0.138 e. The molecule has 1 N–H and O–H groups in total. The Morgan fingerprint density at radius 3 is 2.42 bits per heavy atom. The van der Waals surface area contributed by atoms with Gasteiger partial charge in [0.15, 0.2) is 0 Å². The van der Waals surface area contributed by atoms with Crippen molar-refractivity contribution in [3.05, 3.63) is 27.7 Å². The summed E-state index contributed by atoms with van der Waals surface area (Å²) in [6.45, 7) is 0.771. The van der Waals surface area contributed by atoms with Crippen molar-refractivity contribution in [2.45, 2.75) is 51.1 Å². The Morgan fingerprint density at radius 1 is 1.11 bits per heavy atom. The summed E-state index contributed by atoms with van der Waals surface area (Å²) >= 11 is 12.4. The van der Waals surface area contributed by atoms with E-state index in [1.54, 1.807) is 7.11 Å². The molecule has 0 amide bonds. The molecule has 1 aliphatic carbocycles. The Kier molecular flexibility index (Phi) is 5.80. The van der Waals surface area contributed by atoms with Gasteiger partial charge >= 0.3 is 0 Å². The van der Waals surface area contributed by atoms with Crippen molar-refractivity contribution in [1.29, 1.82) is 0 Å². The van der Waals surface area contributed by atoms with Gasteiger partial charge in [-0.2, -0.15) is 0 Å². The minimum Gasteiger partial charge on any atom is -0.495 e. The normalized spacial score (nSPS) is 17.2. The van der Waals surface area contributed by atoms with E-state index in [0.717, 1.165) is 12.1 Å². The molecule has 0 radical (unpaired) electrons. The number of methoxy groups -OCH3 is 1. The highest BCUT2D eigenvalue weighted by Crippen LogP contribution is 2.34. The summed E-state index contributed by atoms with van der Waals surface area (Å²) < 4.78 is 5.15. The maximum absolute atomic E-state index is 6.28. The molecule has 1 fully saturated rings. The largest absolute Gasteiger partial charge is 0.495 e. The van der Waals surface area contributed by atoms with Crippen LogP contribution >= 0.6 is 23.2 Å². The van der Waals surface area contributed by atoms with Crippen LogP contribution in [0.2, 0.25) is 10.0 Å². The van der Waals surface area contributed by atoms with Gasteiger partial charge in [-0.1, -0.05) is 55.0 Å². The lowest BCUT2D eigenvalue weighted by Crippen LogP contribution is -2.28. The van der Waals surface area contributed by atoms with Crippen molar-refractivity contribution in [2.24, 2.45) is 0 Å². The van der Waals surface area contributed by atoms with Crippen LogP contribution < -0.4 is 10.1 Å². The second-order valence-electron chi connectivity index (χ2n) is 5.12. The van der Waals surface area contributed by atoms with E-state index in [1.807, 2.05) is 12.1 Å². The molecule has 1 aromatic carbocycles. The lowest BCUT2D eigenvalue weighted by Gasteiger charge is -2.17. The van der Waals surface area contributed by atoms with Crippen LogP contribution in [0.3, 0.4) is 0 Å². The molecule has 0 aromatic heterocycles. The quantitative estimate of drug-likeness (QED) is 0.806. The number of hydrogen-bond acceptors (Lipinski definition) is 2. The topological polar surface area (TPSA) is 21.3 Å². The van der Waals surface area contributed by atoms with Crippen LogP contribution in [0, 0.1) is 0 Å². The summed E-state index contributed by atoms with van der Waals surface area (Å²) in [5.74, 6) is 0.630. The third-order valence-electron chi connectivity index (χ3n) is 3.78. The first-order valence-corrected chi connectivity index (χ1v) is 7.72. The van der Waals surface area contributed by atoms with E-state index in [-0.39, 0.29) is 0 Å². The van der Waals surface area contributed by atoms with Gasteiger partial charge in [-0.3, -0.25) is 0 Å². The van der Waals surface area contributed by atoms with Crippen LogP contribution in [0.5, 0.6) is 5.75 Å². The summed E-state index contributed by atoms with van der Waals surface area (Å²) in [6.07, 6.45) is 7.92. The second kappa shape index (κ2) is 7.37. The Bertz CT molecular complexity index is 415. The van der Waals surface area contributed by atoms with Gasteiger partial charge in [0, 0.05) is 12.6 Å². The predicted molar refractivity (Wildman–Crippen MR) is 81.3 cm³/mol. The van der Waals surface area contributed by atoms with Crippen molar-refractivity contribution in [1.82, 2.24) is 5.32 Å². The highest BCUT2D eigenvalue weighted by Gasteiger charge is 2.14. The number of benzene rings is 1. The van der Waals surface area contributed by atoms with Crippen molar-refractivity contribution in [2.75, 3.05) is 7.11 Å². The number of halogens is 2. The molecule has 0 spiro atoms. The van der Waals surface area contributed by atoms with Crippen LogP contribution in [0.1, 0.15) is 44.1 Å². The van der Waals surface area contributed by atoms with Gasteiger partial charge in [-0.05, 0) is 24.5 Å². The molecule has 0 saturated heterocycles. The minimum absolute atomic E-state index is 0.504. The first-order valence-electron chi connectivity index (χ1n) is 6.96. The zero-order chi connectivity index (χ0) is 13.7. The first kappa shape index (κ1) is 15.0. The first-order chi connectivity index (χ1) is 9.22. The van der Waals surface area contributed by atoms with Gasteiger partial charge < -0.3 is 10.1 Å². The number of hydrogen-bond donors (Lipinski definition) is 1. The molecule has 0 unspecified atom stereocenters. The highest BCUT2D eigenvalue weighted by atomic mass is 35.5. The molecule has 19 heavy (non-hydrogen) atoms. The molecule has 4 heteroatoms. The van der Waals surface area contributed by atoms with E-state index in [4.69, 9.17) is 27.9 Å². The van der Waals surface area contributed by atoms with Crippen molar-refractivity contribution in [3.63, 3.8) is 0 Å². The fraction of sp³-hybridized carbons (Fsp3) is 0.600. The minimum atomic E-state index is 0.504. The molecule has 2 rings (SSSR count). The third-order valence-corrected chi connectivity index (χ3v) is 4.69. The van der Waals surface area contributed by atoms with Crippen molar-refractivity contribution in [3.8, 4) is 5.75 Å². The van der Waals surface area contributed by atoms with Gasteiger partial charge in [-0.25, -0.2) is 0 Å². The third kappa shape index (κ3) is 4.01. The molecule has 2 nitrogen and oxygen atoms in total. The molecule has 0 aliphatic heterocycles. The fourth-order valence-electron chi connectivity index (χ4n) is 2.60.